The van der Waals surface area contributed by atoms with Crippen molar-refractivity contribution in [1.82, 2.24) is 0 Å². The molecule has 1 heterocycles. The van der Waals surface area contributed by atoms with Crippen LogP contribution in [-0.4, -0.2) is 18.0 Å². The Morgan fingerprint density at radius 1 is 0.778 bits per heavy atom. The number of rotatable bonds is 6. The molecule has 10 heteroatoms. The van der Waals surface area contributed by atoms with Crippen LogP contribution in [0, 0.1) is 29.1 Å². The average molecular weight is 504 g/mol. The van der Waals surface area contributed by atoms with Gasteiger partial charge in [-0.1, -0.05) is 60.7 Å². The zero-order valence-corrected chi connectivity index (χ0v) is 18.4. The summed E-state index contributed by atoms with van der Waals surface area (Å²) in [4.78, 5) is 25.3. The second kappa shape index (κ2) is 10.6. The minimum Gasteiger partial charge on any atom is -0.471 e. The second-order valence-corrected chi connectivity index (χ2v) is 7.68. The maximum absolute atomic E-state index is 13.9. The Balaban J connectivity index is 1.50. The van der Waals surface area contributed by atoms with Crippen LogP contribution in [0.5, 0.6) is 5.75 Å². The molecule has 0 fully saturated rings. The molecule has 0 radical (unpaired) electrons. The fraction of sp³-hybridized carbons (Fsp3) is 0.154. The highest BCUT2D eigenvalue weighted by Gasteiger charge is 2.34. The molecule has 0 bridgehead atoms. The Kier molecular flexibility index (Phi) is 7.33. The molecule has 3 aromatic rings. The van der Waals surface area contributed by atoms with E-state index in [1.807, 2.05) is 0 Å². The van der Waals surface area contributed by atoms with E-state index in [0.717, 1.165) is 0 Å². The number of ether oxygens (including phenoxy) is 3. The van der Waals surface area contributed by atoms with Crippen molar-refractivity contribution in [3.05, 3.63) is 113 Å². The highest BCUT2D eigenvalue weighted by Crippen LogP contribution is 2.31. The van der Waals surface area contributed by atoms with Crippen molar-refractivity contribution in [2.75, 3.05) is 0 Å². The van der Waals surface area contributed by atoms with Gasteiger partial charge >= 0.3 is 11.9 Å². The smallest absolute Gasteiger partial charge is 0.374 e. The van der Waals surface area contributed by atoms with Crippen LogP contribution in [0.2, 0.25) is 0 Å². The number of allylic oxidation sites excluding steroid dienone is 1. The number of halogens is 5. The molecule has 0 spiro atoms. The van der Waals surface area contributed by atoms with Gasteiger partial charge in [0.05, 0.1) is 0 Å². The summed E-state index contributed by atoms with van der Waals surface area (Å²) in [5, 5.41) is 0. The van der Waals surface area contributed by atoms with E-state index < -0.39 is 59.0 Å². The van der Waals surface area contributed by atoms with Gasteiger partial charge in [0.15, 0.2) is 12.2 Å². The molecule has 1 aliphatic rings. The van der Waals surface area contributed by atoms with Crippen LogP contribution in [0.25, 0.3) is 0 Å². The summed E-state index contributed by atoms with van der Waals surface area (Å²) in [6.45, 7) is 0. The van der Waals surface area contributed by atoms with Crippen molar-refractivity contribution in [3.63, 3.8) is 0 Å². The van der Waals surface area contributed by atoms with Crippen molar-refractivity contribution in [2.24, 2.45) is 0 Å². The Morgan fingerprint density at radius 3 is 1.81 bits per heavy atom. The lowest BCUT2D eigenvalue weighted by Crippen LogP contribution is -2.33. The molecule has 4 rings (SSSR count). The molecule has 1 unspecified atom stereocenters. The van der Waals surface area contributed by atoms with Crippen molar-refractivity contribution in [2.45, 2.75) is 25.0 Å². The topological polar surface area (TPSA) is 61.8 Å². The van der Waals surface area contributed by atoms with E-state index in [2.05, 4.69) is 4.74 Å². The van der Waals surface area contributed by atoms with E-state index in [-0.39, 0.29) is 18.6 Å². The Labute approximate surface area is 201 Å². The third kappa shape index (κ3) is 5.07. The number of carbonyl (C=O) groups excluding carboxylic acids is 2. The molecule has 186 valence electrons. The molecular formula is C26H17F5O5. The molecular weight excluding hydrogens is 487 g/mol. The average Bonchev–Trinajstić information content (AvgIpc) is 2.92. The maximum atomic E-state index is 13.9. The van der Waals surface area contributed by atoms with E-state index >= 15 is 0 Å². The van der Waals surface area contributed by atoms with Crippen LogP contribution in [-0.2, 0) is 19.1 Å². The van der Waals surface area contributed by atoms with Crippen LogP contribution in [0.15, 0.2) is 72.5 Å². The zero-order chi connectivity index (χ0) is 25.8. The summed E-state index contributed by atoms with van der Waals surface area (Å²) in [5.74, 6) is -16.0. The molecule has 0 aromatic heterocycles. The maximum Gasteiger partial charge on any atom is 0.374 e. The van der Waals surface area contributed by atoms with E-state index in [1.54, 1.807) is 60.7 Å². The lowest BCUT2D eigenvalue weighted by Gasteiger charge is -2.24. The predicted octanol–water partition coefficient (Wildman–Crippen LogP) is 5.68. The first-order valence-electron chi connectivity index (χ1n) is 10.7. The largest absolute Gasteiger partial charge is 0.471 e. The van der Waals surface area contributed by atoms with Gasteiger partial charge in [-0.3, -0.25) is 0 Å². The standard InChI is InChI=1S/C26H17F5O5/c27-18-19(28)21(30)24(22(31)20(18)29)36-26(33)17-13-7-12-16(34-17)25(32)35-23(14-8-3-1-4-9-14)15-10-5-2-6-11-15/h1-6,8-12,17,23H,7,13H2. The van der Waals surface area contributed by atoms with Gasteiger partial charge in [0.2, 0.25) is 40.6 Å². The molecule has 0 N–H and O–H groups in total. The highest BCUT2D eigenvalue weighted by atomic mass is 19.2. The normalized spacial score (nSPS) is 15.2. The number of carbonyl (C=O) groups is 2. The summed E-state index contributed by atoms with van der Waals surface area (Å²) in [5.41, 5.74) is 1.33. The molecule has 36 heavy (non-hydrogen) atoms. The number of benzene rings is 3. The number of hydrogen-bond donors (Lipinski definition) is 0. The van der Waals surface area contributed by atoms with E-state index in [0.29, 0.717) is 11.1 Å². The van der Waals surface area contributed by atoms with Gasteiger partial charge in [0, 0.05) is 0 Å². The quantitative estimate of drug-likeness (QED) is 0.142. The molecule has 5 nitrogen and oxygen atoms in total. The van der Waals surface area contributed by atoms with Gasteiger partial charge in [0.25, 0.3) is 0 Å². The molecule has 3 aromatic carbocycles. The molecule has 0 saturated carbocycles. The van der Waals surface area contributed by atoms with Crippen molar-refractivity contribution in [1.29, 1.82) is 0 Å². The summed E-state index contributed by atoms with van der Waals surface area (Å²) in [6.07, 6.45) is -0.976. The molecule has 0 saturated heterocycles. The van der Waals surface area contributed by atoms with Crippen LogP contribution in [0.1, 0.15) is 30.1 Å². The zero-order valence-electron chi connectivity index (χ0n) is 18.4. The van der Waals surface area contributed by atoms with E-state index in [1.165, 1.54) is 6.08 Å². The Bertz CT molecular complexity index is 1240. The van der Waals surface area contributed by atoms with Crippen molar-refractivity contribution < 1.29 is 45.8 Å². The van der Waals surface area contributed by atoms with Crippen LogP contribution in [0.4, 0.5) is 22.0 Å². The van der Waals surface area contributed by atoms with Crippen LogP contribution < -0.4 is 4.74 Å². The molecule has 0 amide bonds. The number of esters is 2. The minimum atomic E-state index is -2.39. The van der Waals surface area contributed by atoms with Gasteiger partial charge in [-0.25, -0.2) is 22.8 Å². The monoisotopic (exact) mass is 504 g/mol. The Hall–Kier alpha value is -4.21. The summed E-state index contributed by atoms with van der Waals surface area (Å²) in [6, 6.07) is 17.7. The highest BCUT2D eigenvalue weighted by molar-refractivity contribution is 5.88. The lowest BCUT2D eigenvalue weighted by molar-refractivity contribution is -0.154. The summed E-state index contributed by atoms with van der Waals surface area (Å²) in [7, 11) is 0. The van der Waals surface area contributed by atoms with Crippen LogP contribution >= 0.6 is 0 Å². The molecule has 1 atom stereocenters. The summed E-state index contributed by atoms with van der Waals surface area (Å²) >= 11 is 0. The Morgan fingerprint density at radius 2 is 1.28 bits per heavy atom. The van der Waals surface area contributed by atoms with Crippen molar-refractivity contribution in [3.8, 4) is 5.75 Å². The van der Waals surface area contributed by atoms with Gasteiger partial charge in [-0.05, 0) is 30.0 Å². The lowest BCUT2D eigenvalue weighted by atomic mass is 10.0. The first-order valence-corrected chi connectivity index (χ1v) is 10.7. The first-order chi connectivity index (χ1) is 17.3. The number of hydrogen-bond acceptors (Lipinski definition) is 5. The molecule has 1 aliphatic heterocycles. The first kappa shape index (κ1) is 24.9. The summed E-state index contributed by atoms with van der Waals surface area (Å²) < 4.78 is 83.2. The van der Waals surface area contributed by atoms with E-state index in [4.69, 9.17) is 9.47 Å². The second-order valence-electron chi connectivity index (χ2n) is 7.68. The van der Waals surface area contributed by atoms with Crippen molar-refractivity contribution >= 4 is 11.9 Å². The third-order valence-electron chi connectivity index (χ3n) is 5.29. The molecule has 0 aliphatic carbocycles. The third-order valence-corrected chi connectivity index (χ3v) is 5.29. The predicted molar refractivity (Wildman–Crippen MR) is 115 cm³/mol. The van der Waals surface area contributed by atoms with Gasteiger partial charge in [-0.2, -0.15) is 8.78 Å². The van der Waals surface area contributed by atoms with Gasteiger partial charge in [0.1, 0.15) is 0 Å². The van der Waals surface area contributed by atoms with Gasteiger partial charge in [-0.15, -0.1) is 0 Å². The van der Waals surface area contributed by atoms with Gasteiger partial charge < -0.3 is 14.2 Å². The fourth-order valence-corrected chi connectivity index (χ4v) is 3.51. The van der Waals surface area contributed by atoms with E-state index in [9.17, 15) is 31.5 Å². The SMILES string of the molecule is O=C(OC(c1ccccc1)c1ccccc1)C1=CCCC(C(=O)Oc2c(F)c(F)c(F)c(F)c2F)O1. The van der Waals surface area contributed by atoms with Crippen LogP contribution in [0.3, 0.4) is 0 Å². The minimum absolute atomic E-state index is 0.0776. The fourth-order valence-electron chi connectivity index (χ4n) is 3.51.